The van der Waals surface area contributed by atoms with Gasteiger partial charge in [0.25, 0.3) is 0 Å². The summed E-state index contributed by atoms with van der Waals surface area (Å²) < 4.78 is 0. The van der Waals surface area contributed by atoms with Crippen molar-refractivity contribution in [2.45, 2.75) is 19.8 Å². The number of anilines is 1. The van der Waals surface area contributed by atoms with Crippen LogP contribution in [0.25, 0.3) is 22.5 Å². The van der Waals surface area contributed by atoms with Gasteiger partial charge in [-0.15, -0.1) is 0 Å². The van der Waals surface area contributed by atoms with Crippen LogP contribution in [0.3, 0.4) is 0 Å². The molecule has 1 aliphatic heterocycles. The Balaban J connectivity index is 1.83. The molecule has 0 unspecified atom stereocenters. The molecule has 0 N–H and O–H groups in total. The monoisotopic (exact) mass is 315 g/mol. The molecule has 2 heterocycles. The maximum atomic E-state index is 4.86. The number of rotatable bonds is 3. The predicted molar refractivity (Wildman–Crippen MR) is 99.1 cm³/mol. The zero-order chi connectivity index (χ0) is 16.4. The molecule has 24 heavy (non-hydrogen) atoms. The van der Waals surface area contributed by atoms with Crippen LogP contribution in [0.5, 0.6) is 0 Å². The summed E-state index contributed by atoms with van der Waals surface area (Å²) in [6.45, 7) is 4.20. The van der Waals surface area contributed by atoms with Gasteiger partial charge in [-0.25, -0.2) is 9.97 Å². The minimum Gasteiger partial charge on any atom is -0.341 e. The van der Waals surface area contributed by atoms with Gasteiger partial charge in [0.1, 0.15) is 0 Å². The highest BCUT2D eigenvalue weighted by Gasteiger charge is 2.17. The molecule has 0 bridgehead atoms. The number of hydrogen-bond acceptors (Lipinski definition) is 3. The van der Waals surface area contributed by atoms with Crippen LogP contribution in [0.1, 0.15) is 18.4 Å². The van der Waals surface area contributed by atoms with Gasteiger partial charge >= 0.3 is 0 Å². The summed E-state index contributed by atoms with van der Waals surface area (Å²) in [4.78, 5) is 12.0. The van der Waals surface area contributed by atoms with Gasteiger partial charge in [0.05, 0.1) is 11.4 Å². The lowest BCUT2D eigenvalue weighted by Gasteiger charge is -2.17. The Bertz CT molecular complexity index is 819. The summed E-state index contributed by atoms with van der Waals surface area (Å²) in [6.07, 6.45) is 2.44. The summed E-state index contributed by atoms with van der Waals surface area (Å²) in [5, 5.41) is 0. The van der Waals surface area contributed by atoms with Crippen molar-refractivity contribution in [1.29, 1.82) is 0 Å². The van der Waals surface area contributed by atoms with E-state index in [2.05, 4.69) is 66.4 Å². The van der Waals surface area contributed by atoms with Crippen LogP contribution in [0.4, 0.5) is 5.95 Å². The second-order valence-corrected chi connectivity index (χ2v) is 6.36. The van der Waals surface area contributed by atoms with E-state index in [4.69, 9.17) is 9.97 Å². The summed E-state index contributed by atoms with van der Waals surface area (Å²) in [5.41, 5.74) is 5.51. The van der Waals surface area contributed by atoms with Gasteiger partial charge in [-0.05, 0) is 25.8 Å². The highest BCUT2D eigenvalue weighted by atomic mass is 15.3. The van der Waals surface area contributed by atoms with Crippen LogP contribution in [-0.4, -0.2) is 23.1 Å². The number of benzene rings is 2. The SMILES string of the molecule is Cc1ccc(-c2cc(-c3ccccc3)nc(N3CCCC3)n2)cc1. The number of aromatic nitrogens is 2. The van der Waals surface area contributed by atoms with Crippen molar-refractivity contribution < 1.29 is 0 Å². The van der Waals surface area contributed by atoms with Crippen LogP contribution >= 0.6 is 0 Å². The molecule has 1 aromatic heterocycles. The van der Waals surface area contributed by atoms with Crippen molar-refractivity contribution in [3.63, 3.8) is 0 Å². The molecular formula is C21H21N3. The zero-order valence-electron chi connectivity index (χ0n) is 13.9. The third-order valence-corrected chi connectivity index (χ3v) is 4.52. The molecule has 1 saturated heterocycles. The average Bonchev–Trinajstić information content (AvgIpc) is 3.17. The summed E-state index contributed by atoms with van der Waals surface area (Å²) >= 11 is 0. The van der Waals surface area contributed by atoms with Gasteiger partial charge in [-0.2, -0.15) is 0 Å². The Kier molecular flexibility index (Phi) is 3.99. The highest BCUT2D eigenvalue weighted by Crippen LogP contribution is 2.27. The van der Waals surface area contributed by atoms with E-state index in [1.165, 1.54) is 18.4 Å². The first-order chi connectivity index (χ1) is 11.8. The van der Waals surface area contributed by atoms with E-state index < -0.39 is 0 Å². The molecule has 0 amide bonds. The van der Waals surface area contributed by atoms with E-state index in [0.717, 1.165) is 41.6 Å². The smallest absolute Gasteiger partial charge is 0.226 e. The lowest BCUT2D eigenvalue weighted by atomic mass is 10.1. The summed E-state index contributed by atoms with van der Waals surface area (Å²) in [5.74, 6) is 0.851. The number of hydrogen-bond donors (Lipinski definition) is 0. The molecule has 120 valence electrons. The normalized spacial score (nSPS) is 14.1. The van der Waals surface area contributed by atoms with Gasteiger partial charge in [-0.1, -0.05) is 60.2 Å². The van der Waals surface area contributed by atoms with Crippen LogP contribution in [0.15, 0.2) is 60.7 Å². The molecule has 2 aromatic carbocycles. The molecule has 3 aromatic rings. The Hall–Kier alpha value is -2.68. The molecule has 1 aliphatic rings. The Morgan fingerprint density at radius 2 is 1.33 bits per heavy atom. The molecule has 0 atom stereocenters. The molecular weight excluding hydrogens is 294 g/mol. The fraction of sp³-hybridized carbons (Fsp3) is 0.238. The first-order valence-electron chi connectivity index (χ1n) is 8.56. The molecule has 3 heteroatoms. The van der Waals surface area contributed by atoms with Gasteiger partial charge in [-0.3, -0.25) is 0 Å². The van der Waals surface area contributed by atoms with E-state index in [-0.39, 0.29) is 0 Å². The molecule has 0 aliphatic carbocycles. The van der Waals surface area contributed by atoms with Crippen molar-refractivity contribution in [2.75, 3.05) is 18.0 Å². The van der Waals surface area contributed by atoms with Crippen LogP contribution in [0, 0.1) is 6.92 Å². The summed E-state index contributed by atoms with van der Waals surface area (Å²) in [7, 11) is 0. The Labute approximate surface area is 143 Å². The molecule has 0 spiro atoms. The van der Waals surface area contributed by atoms with E-state index in [9.17, 15) is 0 Å². The molecule has 0 saturated carbocycles. The average molecular weight is 315 g/mol. The maximum Gasteiger partial charge on any atom is 0.226 e. The topological polar surface area (TPSA) is 29.0 Å². The van der Waals surface area contributed by atoms with Crippen molar-refractivity contribution in [2.24, 2.45) is 0 Å². The molecule has 1 fully saturated rings. The van der Waals surface area contributed by atoms with E-state index >= 15 is 0 Å². The number of aryl methyl sites for hydroxylation is 1. The Morgan fingerprint density at radius 1 is 0.750 bits per heavy atom. The lowest BCUT2D eigenvalue weighted by molar-refractivity contribution is 0.902. The van der Waals surface area contributed by atoms with Crippen LogP contribution in [-0.2, 0) is 0 Å². The highest BCUT2D eigenvalue weighted by molar-refractivity contribution is 5.69. The van der Waals surface area contributed by atoms with Crippen molar-refractivity contribution in [1.82, 2.24) is 9.97 Å². The van der Waals surface area contributed by atoms with Gasteiger partial charge in [0.2, 0.25) is 5.95 Å². The molecule has 3 nitrogen and oxygen atoms in total. The van der Waals surface area contributed by atoms with E-state index in [1.807, 2.05) is 6.07 Å². The Morgan fingerprint density at radius 3 is 1.96 bits per heavy atom. The first kappa shape index (κ1) is 14.9. The van der Waals surface area contributed by atoms with E-state index in [0.29, 0.717) is 0 Å². The van der Waals surface area contributed by atoms with Gasteiger partial charge in [0.15, 0.2) is 0 Å². The molecule has 4 rings (SSSR count). The minimum atomic E-state index is 0.851. The second-order valence-electron chi connectivity index (χ2n) is 6.36. The third-order valence-electron chi connectivity index (χ3n) is 4.52. The quantitative estimate of drug-likeness (QED) is 0.700. The van der Waals surface area contributed by atoms with Crippen molar-refractivity contribution >= 4 is 5.95 Å². The summed E-state index contributed by atoms with van der Waals surface area (Å²) in [6, 6.07) is 21.0. The fourth-order valence-corrected chi connectivity index (χ4v) is 3.12. The standard InChI is InChI=1S/C21H21N3/c1-16-9-11-18(12-10-16)20-15-19(17-7-3-2-4-8-17)22-21(23-20)24-13-5-6-14-24/h2-4,7-12,15H,5-6,13-14H2,1H3. The van der Waals surface area contributed by atoms with Crippen molar-refractivity contribution in [3.05, 3.63) is 66.2 Å². The predicted octanol–water partition coefficient (Wildman–Crippen LogP) is 4.72. The van der Waals surface area contributed by atoms with E-state index in [1.54, 1.807) is 0 Å². The largest absolute Gasteiger partial charge is 0.341 e. The molecule has 0 radical (unpaired) electrons. The van der Waals surface area contributed by atoms with Crippen LogP contribution in [0.2, 0.25) is 0 Å². The second kappa shape index (κ2) is 6.44. The number of nitrogens with zero attached hydrogens (tertiary/aromatic N) is 3. The van der Waals surface area contributed by atoms with Crippen molar-refractivity contribution in [3.8, 4) is 22.5 Å². The first-order valence-corrected chi connectivity index (χ1v) is 8.56. The maximum absolute atomic E-state index is 4.86. The van der Waals surface area contributed by atoms with Gasteiger partial charge in [0, 0.05) is 24.2 Å². The third kappa shape index (κ3) is 3.02. The lowest BCUT2D eigenvalue weighted by Crippen LogP contribution is -2.20. The zero-order valence-corrected chi connectivity index (χ0v) is 13.9. The van der Waals surface area contributed by atoms with Gasteiger partial charge < -0.3 is 4.90 Å². The van der Waals surface area contributed by atoms with Crippen LogP contribution < -0.4 is 4.90 Å². The minimum absolute atomic E-state index is 0.851. The fourth-order valence-electron chi connectivity index (χ4n) is 3.12.